The lowest BCUT2D eigenvalue weighted by molar-refractivity contribution is -0.191. The average molecular weight is 615 g/mol. The van der Waals surface area contributed by atoms with Crippen molar-refractivity contribution < 1.29 is 88.7 Å². The Balaban J connectivity index is -0.000000781. The van der Waals surface area contributed by atoms with Crippen molar-refractivity contribution in [1.82, 2.24) is 0 Å². The summed E-state index contributed by atoms with van der Waals surface area (Å²) in [5.41, 5.74) is -0.832. The van der Waals surface area contributed by atoms with Crippen molar-refractivity contribution in [3.63, 3.8) is 0 Å². The molecule has 0 aromatic heterocycles. The smallest absolute Gasteiger partial charge is 0.305 e. The first-order valence-corrected chi connectivity index (χ1v) is 11.9. The van der Waals surface area contributed by atoms with Crippen molar-refractivity contribution in [1.29, 1.82) is 0 Å². The first-order chi connectivity index (χ1) is 19.0. The number of aliphatic carboxylic acids is 8. The topological polar surface area (TPSA) is 320 Å². The second-order valence-electron chi connectivity index (χ2n) is 9.16. The molecule has 18 heteroatoms. The Bertz CT molecular complexity index is 889. The lowest BCUT2D eigenvalue weighted by atomic mass is 9.67. The van der Waals surface area contributed by atoms with Gasteiger partial charge in [-0.2, -0.15) is 0 Å². The van der Waals surface area contributed by atoms with E-state index in [-0.39, 0.29) is 6.61 Å². The Morgan fingerprint density at radius 2 is 0.810 bits per heavy atom. The van der Waals surface area contributed by atoms with Crippen LogP contribution in [-0.2, 0) is 47.8 Å². The zero-order valence-electron chi connectivity index (χ0n) is 23.6. The minimum Gasteiger partial charge on any atom is -0.481 e. The molecule has 2 saturated heterocycles. The number of carboxylic acids is 8. The summed E-state index contributed by atoms with van der Waals surface area (Å²) in [6.07, 6.45) is -3.75. The van der Waals surface area contributed by atoms with Crippen molar-refractivity contribution in [2.24, 2.45) is 17.8 Å². The highest BCUT2D eigenvalue weighted by atomic mass is 16.6. The number of carboxylic acid groups (broad SMARTS) is 8. The maximum Gasteiger partial charge on any atom is 0.305 e. The molecule has 6 atom stereocenters. The third-order valence-corrected chi connectivity index (χ3v) is 5.10. The van der Waals surface area contributed by atoms with Gasteiger partial charge in [-0.1, -0.05) is 0 Å². The van der Waals surface area contributed by atoms with E-state index >= 15 is 0 Å². The van der Waals surface area contributed by atoms with E-state index in [1.807, 2.05) is 0 Å². The van der Waals surface area contributed by atoms with Gasteiger partial charge in [0, 0.05) is 40.0 Å². The molecule has 1 unspecified atom stereocenters. The van der Waals surface area contributed by atoms with Gasteiger partial charge in [0.25, 0.3) is 23.9 Å². The molecule has 2 fully saturated rings. The number of carbonyl (C=O) groups is 8. The molecule has 2 aliphatic heterocycles. The summed E-state index contributed by atoms with van der Waals surface area (Å²) in [4.78, 5) is 81.1. The van der Waals surface area contributed by atoms with Gasteiger partial charge in [0.05, 0.1) is 38.1 Å². The van der Waals surface area contributed by atoms with Crippen molar-refractivity contribution in [3.8, 4) is 0 Å². The van der Waals surface area contributed by atoms with Gasteiger partial charge < -0.3 is 50.3 Å². The molecule has 0 amide bonds. The molecule has 242 valence electrons. The van der Waals surface area contributed by atoms with Crippen molar-refractivity contribution in [2.45, 2.75) is 78.1 Å². The van der Waals surface area contributed by atoms with E-state index in [9.17, 15) is 34.5 Å². The number of hydrogen-bond donors (Lipinski definition) is 8. The van der Waals surface area contributed by atoms with E-state index in [0.717, 1.165) is 27.7 Å². The van der Waals surface area contributed by atoms with Crippen LogP contribution in [0.15, 0.2) is 0 Å². The van der Waals surface area contributed by atoms with Gasteiger partial charge in [0.2, 0.25) is 0 Å². The average Bonchev–Trinajstić information content (AvgIpc) is 3.47. The number of ether oxygens (including phenoxy) is 2. The molecule has 0 aromatic carbocycles. The van der Waals surface area contributed by atoms with E-state index in [4.69, 9.17) is 54.2 Å². The van der Waals surface area contributed by atoms with E-state index in [1.54, 1.807) is 6.92 Å². The summed E-state index contributed by atoms with van der Waals surface area (Å²) in [5.74, 6) is -10.7. The van der Waals surface area contributed by atoms with Crippen molar-refractivity contribution in [3.05, 3.63) is 0 Å². The molecule has 2 heterocycles. The molecule has 2 aliphatic rings. The van der Waals surface area contributed by atoms with Crippen LogP contribution in [0.2, 0.25) is 0 Å². The van der Waals surface area contributed by atoms with Crippen LogP contribution in [0.1, 0.15) is 60.3 Å². The van der Waals surface area contributed by atoms with Crippen LogP contribution in [-0.4, -0.2) is 113 Å². The molecule has 42 heavy (non-hydrogen) atoms. The summed E-state index contributed by atoms with van der Waals surface area (Å²) >= 11 is 0. The predicted molar refractivity (Wildman–Crippen MR) is 136 cm³/mol. The summed E-state index contributed by atoms with van der Waals surface area (Å²) in [5, 5.41) is 66.5. The SMILES string of the molecule is CC(=O)O.CC(=O)O.CC(=O)O.CC(=O)O.C[C@@]1([C@@H]2OC(CC(=O)O)[C@@H](CC(=O)O)[C@@H](CC(=O)O)[C@@H]2CC(=O)O)CO1. The fourth-order valence-electron chi connectivity index (χ4n) is 3.90. The molecule has 0 saturated carbocycles. The Hall–Kier alpha value is -4.32. The van der Waals surface area contributed by atoms with Crippen LogP contribution in [0, 0.1) is 17.8 Å². The lowest BCUT2D eigenvalue weighted by Gasteiger charge is -2.47. The van der Waals surface area contributed by atoms with Crippen LogP contribution in [0.3, 0.4) is 0 Å². The van der Waals surface area contributed by atoms with Crippen LogP contribution in [0.4, 0.5) is 0 Å². The molecular weight excluding hydrogens is 576 g/mol. The summed E-state index contributed by atoms with van der Waals surface area (Å²) in [6.45, 7) is 6.29. The van der Waals surface area contributed by atoms with E-state index in [2.05, 4.69) is 0 Å². The lowest BCUT2D eigenvalue weighted by Crippen LogP contribution is -2.54. The van der Waals surface area contributed by atoms with E-state index in [0.29, 0.717) is 0 Å². The Kier molecular flexibility index (Phi) is 20.6. The molecule has 18 nitrogen and oxygen atoms in total. The quantitative estimate of drug-likeness (QED) is 0.165. The second kappa shape index (κ2) is 20.5. The molecule has 0 radical (unpaired) electrons. The molecule has 0 aromatic rings. The highest BCUT2D eigenvalue weighted by Crippen LogP contribution is 2.49. The van der Waals surface area contributed by atoms with Crippen molar-refractivity contribution >= 4 is 47.8 Å². The Morgan fingerprint density at radius 1 is 0.548 bits per heavy atom. The fraction of sp³-hybridized carbons (Fsp3) is 0.667. The molecular formula is C24H38O18. The summed E-state index contributed by atoms with van der Waals surface area (Å²) < 4.78 is 11.2. The molecule has 2 rings (SSSR count). The van der Waals surface area contributed by atoms with Crippen molar-refractivity contribution in [2.75, 3.05) is 6.61 Å². The fourth-order valence-corrected chi connectivity index (χ4v) is 3.90. The highest BCUT2D eigenvalue weighted by Gasteiger charge is 2.58. The largest absolute Gasteiger partial charge is 0.481 e. The van der Waals surface area contributed by atoms with Crippen LogP contribution in [0.25, 0.3) is 0 Å². The Morgan fingerprint density at radius 3 is 1.07 bits per heavy atom. The first-order valence-electron chi connectivity index (χ1n) is 11.9. The second-order valence-corrected chi connectivity index (χ2v) is 9.16. The van der Waals surface area contributed by atoms with Gasteiger partial charge >= 0.3 is 23.9 Å². The van der Waals surface area contributed by atoms with Crippen LogP contribution < -0.4 is 0 Å². The monoisotopic (exact) mass is 614 g/mol. The molecule has 0 spiro atoms. The first kappa shape index (κ1) is 42.2. The normalized spacial score (nSPS) is 24.8. The zero-order chi connectivity index (χ0) is 34.0. The number of rotatable bonds is 9. The standard InChI is InChI=1S/C16H22O10.4C2H4O2/c1-16(6-25-16)15-9(4-13(21)22)7(2-11(17)18)8(3-12(19)20)10(26-15)5-14(23)24;4*1-2(3)4/h7-10,15H,2-6H2,1H3,(H,17,18)(H,19,20)(H,21,22)(H,23,24);4*1H3,(H,3,4)/t7-,8+,9+,10?,15-,16+;;;;/m1..../s1. The summed E-state index contributed by atoms with van der Waals surface area (Å²) in [6, 6.07) is 0. The maximum absolute atomic E-state index is 11.3. The van der Waals surface area contributed by atoms with E-state index < -0.39 is 109 Å². The third kappa shape index (κ3) is 23.6. The molecule has 0 bridgehead atoms. The van der Waals surface area contributed by atoms with Gasteiger partial charge in [0.1, 0.15) is 5.60 Å². The van der Waals surface area contributed by atoms with Gasteiger partial charge in [-0.15, -0.1) is 0 Å². The van der Waals surface area contributed by atoms with Crippen LogP contribution >= 0.6 is 0 Å². The molecule has 8 N–H and O–H groups in total. The van der Waals surface area contributed by atoms with Crippen LogP contribution in [0.5, 0.6) is 0 Å². The van der Waals surface area contributed by atoms with Gasteiger partial charge in [-0.25, -0.2) is 0 Å². The number of epoxide rings is 1. The molecule has 0 aliphatic carbocycles. The minimum absolute atomic E-state index is 0.275. The minimum atomic E-state index is -1.23. The Labute approximate surface area is 239 Å². The predicted octanol–water partition coefficient (Wildman–Crippen LogP) is 0.654. The third-order valence-electron chi connectivity index (χ3n) is 5.10. The zero-order valence-corrected chi connectivity index (χ0v) is 23.6. The highest BCUT2D eigenvalue weighted by molar-refractivity contribution is 5.71. The summed E-state index contributed by atoms with van der Waals surface area (Å²) in [7, 11) is 0. The van der Waals surface area contributed by atoms with Gasteiger partial charge in [-0.3, -0.25) is 38.4 Å². The number of hydrogen-bond acceptors (Lipinski definition) is 10. The maximum atomic E-state index is 11.3. The van der Waals surface area contributed by atoms with Gasteiger partial charge in [0.15, 0.2) is 0 Å². The van der Waals surface area contributed by atoms with E-state index in [1.165, 1.54) is 0 Å². The van der Waals surface area contributed by atoms with Gasteiger partial charge in [-0.05, 0) is 18.8 Å².